The molecule has 0 radical (unpaired) electrons. The third-order valence-corrected chi connectivity index (χ3v) is 5.05. The highest BCUT2D eigenvalue weighted by molar-refractivity contribution is 7.98. The third kappa shape index (κ3) is 2.80. The predicted octanol–water partition coefficient (Wildman–Crippen LogP) is 3.09. The summed E-state index contributed by atoms with van der Waals surface area (Å²) in [6.45, 7) is 1.88. The van der Waals surface area contributed by atoms with Crippen LogP contribution in [-0.2, 0) is 5.75 Å². The number of aromatic nitrogens is 1. The number of carbonyl (C=O) groups is 1. The molecule has 21 heavy (non-hydrogen) atoms. The average Bonchev–Trinajstić information content (AvgIpc) is 3.07. The highest BCUT2D eigenvalue weighted by Gasteiger charge is 2.18. The van der Waals surface area contributed by atoms with E-state index in [1.807, 2.05) is 31.2 Å². The van der Waals surface area contributed by atoms with Gasteiger partial charge in [0.2, 0.25) is 0 Å². The average molecular weight is 319 g/mol. The zero-order valence-corrected chi connectivity index (χ0v) is 12.9. The largest absolute Gasteiger partial charge is 0.440 e. The standard InChI is InChI=1S/C14H13N3O2S2/c1-8-6-19-14(16-8)20-7-10-9-4-2-3-5-11(9)21-12(10)13(18)17-15/h2-6H,7,15H2,1H3,(H,17,18). The molecule has 0 saturated heterocycles. The van der Waals surface area contributed by atoms with Crippen LogP contribution in [0.2, 0.25) is 0 Å². The molecule has 2 heterocycles. The van der Waals surface area contributed by atoms with Gasteiger partial charge in [0, 0.05) is 10.5 Å². The number of carbonyl (C=O) groups excluding carboxylic acids is 1. The number of amides is 1. The van der Waals surface area contributed by atoms with Crippen LogP contribution in [0, 0.1) is 6.92 Å². The number of nitrogens with zero attached hydrogens (tertiary/aromatic N) is 1. The maximum Gasteiger partial charge on any atom is 0.275 e. The number of hydrazine groups is 1. The Labute approximate surface area is 129 Å². The molecule has 0 aliphatic rings. The van der Waals surface area contributed by atoms with Gasteiger partial charge in [-0.3, -0.25) is 10.2 Å². The van der Waals surface area contributed by atoms with Crippen molar-refractivity contribution in [1.29, 1.82) is 0 Å². The number of oxazole rings is 1. The molecule has 0 saturated carbocycles. The highest BCUT2D eigenvalue weighted by atomic mass is 32.2. The maximum absolute atomic E-state index is 11.9. The molecule has 0 aliphatic carbocycles. The van der Waals surface area contributed by atoms with Crippen molar-refractivity contribution in [2.45, 2.75) is 17.9 Å². The molecule has 1 aromatic carbocycles. The van der Waals surface area contributed by atoms with Gasteiger partial charge >= 0.3 is 0 Å². The molecule has 0 bridgehead atoms. The van der Waals surface area contributed by atoms with E-state index in [1.54, 1.807) is 6.26 Å². The minimum atomic E-state index is -0.268. The first-order valence-corrected chi connectivity index (χ1v) is 8.05. The summed E-state index contributed by atoms with van der Waals surface area (Å²) in [5.74, 6) is 5.61. The van der Waals surface area contributed by atoms with Gasteiger partial charge in [0.1, 0.15) is 6.26 Å². The van der Waals surface area contributed by atoms with E-state index >= 15 is 0 Å². The fourth-order valence-corrected chi connectivity index (χ4v) is 4.13. The van der Waals surface area contributed by atoms with Crippen LogP contribution in [0.15, 0.2) is 40.2 Å². The van der Waals surface area contributed by atoms with Crippen molar-refractivity contribution in [1.82, 2.24) is 10.4 Å². The van der Waals surface area contributed by atoms with Gasteiger partial charge in [0.25, 0.3) is 11.1 Å². The van der Waals surface area contributed by atoms with Crippen molar-refractivity contribution in [3.05, 3.63) is 46.7 Å². The molecular formula is C14H13N3O2S2. The molecule has 7 heteroatoms. The summed E-state index contributed by atoms with van der Waals surface area (Å²) in [7, 11) is 0. The smallest absolute Gasteiger partial charge is 0.275 e. The number of hydrogen-bond acceptors (Lipinski definition) is 6. The molecule has 3 aromatic rings. The van der Waals surface area contributed by atoms with E-state index in [2.05, 4.69) is 10.4 Å². The summed E-state index contributed by atoms with van der Waals surface area (Å²) in [5.41, 5.74) is 4.01. The minimum Gasteiger partial charge on any atom is -0.440 e. The normalized spacial score (nSPS) is 11.0. The van der Waals surface area contributed by atoms with Crippen LogP contribution in [0.1, 0.15) is 20.9 Å². The molecule has 3 N–H and O–H groups in total. The number of thioether (sulfide) groups is 1. The molecule has 1 amide bonds. The van der Waals surface area contributed by atoms with E-state index < -0.39 is 0 Å². The van der Waals surface area contributed by atoms with Gasteiger partial charge in [-0.15, -0.1) is 11.3 Å². The molecule has 0 fully saturated rings. The van der Waals surface area contributed by atoms with Gasteiger partial charge < -0.3 is 4.42 Å². The predicted molar refractivity (Wildman–Crippen MR) is 84.3 cm³/mol. The lowest BCUT2D eigenvalue weighted by Crippen LogP contribution is -2.29. The molecule has 2 aromatic heterocycles. The van der Waals surface area contributed by atoms with Crippen molar-refractivity contribution in [2.75, 3.05) is 0 Å². The van der Waals surface area contributed by atoms with Gasteiger partial charge in [0.05, 0.1) is 10.6 Å². The van der Waals surface area contributed by atoms with Crippen molar-refractivity contribution in [3.8, 4) is 0 Å². The maximum atomic E-state index is 11.9. The van der Waals surface area contributed by atoms with Gasteiger partial charge in [-0.25, -0.2) is 10.8 Å². The Morgan fingerprint density at radius 3 is 3.00 bits per heavy atom. The summed E-state index contributed by atoms with van der Waals surface area (Å²) >= 11 is 2.90. The Bertz CT molecular complexity index is 794. The van der Waals surface area contributed by atoms with Gasteiger partial charge in [0.15, 0.2) is 0 Å². The van der Waals surface area contributed by atoms with E-state index in [4.69, 9.17) is 10.3 Å². The monoisotopic (exact) mass is 319 g/mol. The first kappa shape index (κ1) is 14.1. The molecule has 0 atom stereocenters. The number of aryl methyl sites for hydroxylation is 1. The quantitative estimate of drug-likeness (QED) is 0.334. The number of fused-ring (bicyclic) bond motifs is 1. The summed E-state index contributed by atoms with van der Waals surface area (Å²) in [5, 5.41) is 1.67. The number of nitrogen functional groups attached to an aromatic ring is 1. The number of rotatable bonds is 4. The van der Waals surface area contributed by atoms with Crippen LogP contribution in [0.3, 0.4) is 0 Å². The Morgan fingerprint density at radius 2 is 2.29 bits per heavy atom. The molecule has 0 aliphatic heterocycles. The molecule has 108 valence electrons. The Kier molecular flexibility index (Phi) is 3.96. The second-order valence-electron chi connectivity index (χ2n) is 4.42. The Morgan fingerprint density at radius 1 is 1.48 bits per heavy atom. The van der Waals surface area contributed by atoms with Crippen LogP contribution in [0.4, 0.5) is 0 Å². The second kappa shape index (κ2) is 5.88. The van der Waals surface area contributed by atoms with Gasteiger partial charge in [-0.1, -0.05) is 30.0 Å². The number of nitrogens with two attached hydrogens (primary N) is 1. The lowest BCUT2D eigenvalue weighted by molar-refractivity contribution is 0.0957. The van der Waals surface area contributed by atoms with Crippen molar-refractivity contribution < 1.29 is 9.21 Å². The molecule has 0 unspecified atom stereocenters. The zero-order valence-electron chi connectivity index (χ0n) is 11.3. The highest BCUT2D eigenvalue weighted by Crippen LogP contribution is 2.35. The number of hydrogen-bond donors (Lipinski definition) is 2. The summed E-state index contributed by atoms with van der Waals surface area (Å²) in [4.78, 5) is 16.8. The minimum absolute atomic E-state index is 0.268. The van der Waals surface area contributed by atoms with Crippen molar-refractivity contribution in [2.24, 2.45) is 5.84 Å². The van der Waals surface area contributed by atoms with Crippen LogP contribution in [0.25, 0.3) is 10.1 Å². The zero-order chi connectivity index (χ0) is 14.8. The van der Waals surface area contributed by atoms with Gasteiger partial charge in [-0.2, -0.15) is 0 Å². The van der Waals surface area contributed by atoms with Crippen LogP contribution >= 0.6 is 23.1 Å². The van der Waals surface area contributed by atoms with Crippen molar-refractivity contribution >= 4 is 39.1 Å². The summed E-state index contributed by atoms with van der Waals surface area (Å²) < 4.78 is 6.40. The number of nitrogens with one attached hydrogen (secondary N) is 1. The van der Waals surface area contributed by atoms with Gasteiger partial charge in [-0.05, 0) is 23.9 Å². The first-order valence-electron chi connectivity index (χ1n) is 6.25. The Hall–Kier alpha value is -1.83. The van der Waals surface area contributed by atoms with E-state index in [0.717, 1.165) is 21.3 Å². The van der Waals surface area contributed by atoms with E-state index in [1.165, 1.54) is 23.1 Å². The Balaban J connectivity index is 1.96. The first-order chi connectivity index (χ1) is 10.2. The number of thiophene rings is 1. The molecule has 3 rings (SSSR count). The third-order valence-electron chi connectivity index (χ3n) is 2.97. The summed E-state index contributed by atoms with van der Waals surface area (Å²) in [6, 6.07) is 7.92. The van der Waals surface area contributed by atoms with E-state index in [-0.39, 0.29) is 5.91 Å². The van der Waals surface area contributed by atoms with Crippen LogP contribution < -0.4 is 11.3 Å². The van der Waals surface area contributed by atoms with Crippen LogP contribution in [0.5, 0.6) is 0 Å². The second-order valence-corrected chi connectivity index (χ2v) is 6.40. The topological polar surface area (TPSA) is 81.2 Å². The molecular weight excluding hydrogens is 306 g/mol. The fourth-order valence-electron chi connectivity index (χ4n) is 2.02. The summed E-state index contributed by atoms with van der Waals surface area (Å²) in [6.07, 6.45) is 1.61. The SMILES string of the molecule is Cc1coc(SCc2c(C(=O)NN)sc3ccccc23)n1. The van der Waals surface area contributed by atoms with Crippen molar-refractivity contribution in [3.63, 3.8) is 0 Å². The fraction of sp³-hybridized carbons (Fsp3) is 0.143. The molecule has 0 spiro atoms. The van der Waals surface area contributed by atoms with Crippen LogP contribution in [-0.4, -0.2) is 10.9 Å². The number of benzene rings is 1. The van der Waals surface area contributed by atoms with E-state index in [9.17, 15) is 4.79 Å². The van der Waals surface area contributed by atoms with E-state index in [0.29, 0.717) is 15.9 Å². The molecule has 5 nitrogen and oxygen atoms in total. The lowest BCUT2D eigenvalue weighted by atomic mass is 10.1. The lowest BCUT2D eigenvalue weighted by Gasteiger charge is -2.02.